The van der Waals surface area contributed by atoms with Crippen molar-refractivity contribution in [1.82, 2.24) is 10.6 Å². The first kappa shape index (κ1) is 17.8. The van der Waals surface area contributed by atoms with Gasteiger partial charge in [0.1, 0.15) is 11.4 Å². The summed E-state index contributed by atoms with van der Waals surface area (Å²) in [6.07, 6.45) is 0.366. The first-order valence-electron chi connectivity index (χ1n) is 7.28. The van der Waals surface area contributed by atoms with E-state index in [9.17, 15) is 9.59 Å². The molecule has 6 nitrogen and oxygen atoms in total. The van der Waals surface area contributed by atoms with Gasteiger partial charge < -0.3 is 20.5 Å². The minimum Gasteiger partial charge on any atom is -0.508 e. The summed E-state index contributed by atoms with van der Waals surface area (Å²) >= 11 is 0. The lowest BCUT2D eigenvalue weighted by molar-refractivity contribution is -0.120. The summed E-state index contributed by atoms with van der Waals surface area (Å²) in [4.78, 5) is 23.0. The van der Waals surface area contributed by atoms with Crippen molar-refractivity contribution >= 4 is 12.0 Å². The van der Waals surface area contributed by atoms with Gasteiger partial charge in [-0.15, -0.1) is 0 Å². The molecular formula is C16H24N2O4. The van der Waals surface area contributed by atoms with Gasteiger partial charge in [0.25, 0.3) is 0 Å². The number of amides is 2. The van der Waals surface area contributed by atoms with Crippen LogP contribution in [0.2, 0.25) is 0 Å². The highest BCUT2D eigenvalue weighted by atomic mass is 16.6. The number of phenolic OH excluding ortho intramolecular Hbond substituents is 1. The van der Waals surface area contributed by atoms with Gasteiger partial charge in [-0.25, -0.2) is 4.79 Å². The molecule has 0 bridgehead atoms. The van der Waals surface area contributed by atoms with E-state index in [0.717, 1.165) is 5.56 Å². The highest BCUT2D eigenvalue weighted by molar-refractivity contribution is 5.77. The minimum absolute atomic E-state index is 0.130. The number of benzene rings is 1. The zero-order chi connectivity index (χ0) is 16.6. The van der Waals surface area contributed by atoms with Gasteiger partial charge in [-0.1, -0.05) is 12.1 Å². The monoisotopic (exact) mass is 308 g/mol. The topological polar surface area (TPSA) is 87.7 Å². The second-order valence-electron chi connectivity index (χ2n) is 5.95. The van der Waals surface area contributed by atoms with E-state index in [1.807, 2.05) is 12.1 Å². The molecule has 3 N–H and O–H groups in total. The Balaban J connectivity index is 2.13. The number of alkyl carbamates (subject to hydrolysis) is 1. The van der Waals surface area contributed by atoms with Crippen molar-refractivity contribution in [2.75, 3.05) is 13.1 Å². The molecule has 0 aromatic heterocycles. The number of aromatic hydroxyl groups is 1. The quantitative estimate of drug-likeness (QED) is 0.749. The molecule has 2 amide bonds. The molecule has 0 radical (unpaired) electrons. The van der Waals surface area contributed by atoms with Crippen molar-refractivity contribution in [1.29, 1.82) is 0 Å². The number of phenols is 1. The molecule has 0 aliphatic heterocycles. The number of carbonyl (C=O) groups excluding carboxylic acids is 2. The van der Waals surface area contributed by atoms with Gasteiger partial charge in [-0.3, -0.25) is 4.79 Å². The third kappa shape index (κ3) is 8.14. The van der Waals surface area contributed by atoms with Crippen LogP contribution in [0.4, 0.5) is 4.79 Å². The predicted octanol–water partition coefficient (Wildman–Crippen LogP) is 1.97. The molecule has 122 valence electrons. The Kier molecular flexibility index (Phi) is 6.69. The molecule has 0 heterocycles. The number of hydrogen-bond donors (Lipinski definition) is 3. The molecule has 0 saturated heterocycles. The number of carbonyl (C=O) groups is 2. The predicted molar refractivity (Wildman–Crippen MR) is 83.7 cm³/mol. The van der Waals surface area contributed by atoms with E-state index in [1.165, 1.54) is 0 Å². The Morgan fingerprint density at radius 1 is 1.09 bits per heavy atom. The van der Waals surface area contributed by atoms with E-state index in [1.54, 1.807) is 32.9 Å². The molecule has 1 aromatic rings. The minimum atomic E-state index is -0.545. The fourth-order valence-electron chi connectivity index (χ4n) is 1.69. The van der Waals surface area contributed by atoms with Crippen LogP contribution >= 0.6 is 0 Å². The van der Waals surface area contributed by atoms with E-state index in [2.05, 4.69) is 10.6 Å². The highest BCUT2D eigenvalue weighted by Crippen LogP contribution is 2.09. The molecule has 1 rings (SSSR count). The van der Waals surface area contributed by atoms with Crippen molar-refractivity contribution in [3.8, 4) is 5.75 Å². The van der Waals surface area contributed by atoms with Gasteiger partial charge in [0, 0.05) is 19.5 Å². The van der Waals surface area contributed by atoms with E-state index in [0.29, 0.717) is 13.0 Å². The summed E-state index contributed by atoms with van der Waals surface area (Å²) in [5.41, 5.74) is 0.487. The molecule has 6 heteroatoms. The molecule has 0 saturated carbocycles. The van der Waals surface area contributed by atoms with Crippen molar-refractivity contribution < 1.29 is 19.4 Å². The first-order valence-corrected chi connectivity index (χ1v) is 7.28. The van der Waals surface area contributed by atoms with Gasteiger partial charge in [0.2, 0.25) is 5.91 Å². The average molecular weight is 308 g/mol. The zero-order valence-electron chi connectivity index (χ0n) is 13.3. The van der Waals surface area contributed by atoms with Crippen LogP contribution in [0.5, 0.6) is 5.75 Å². The van der Waals surface area contributed by atoms with Crippen LogP contribution in [0.25, 0.3) is 0 Å². The maximum Gasteiger partial charge on any atom is 0.407 e. The standard InChI is InChI=1S/C16H24N2O4/c1-16(2,3)22-15(21)18-11-9-14(20)17-10-8-12-4-6-13(19)7-5-12/h4-7,19H,8-11H2,1-3H3,(H,17,20)(H,18,21). The fourth-order valence-corrected chi connectivity index (χ4v) is 1.69. The summed E-state index contributed by atoms with van der Waals surface area (Å²) in [5, 5.41) is 14.5. The molecule has 1 aromatic carbocycles. The van der Waals surface area contributed by atoms with E-state index in [-0.39, 0.29) is 24.6 Å². The smallest absolute Gasteiger partial charge is 0.407 e. The van der Waals surface area contributed by atoms with Crippen LogP contribution in [0, 0.1) is 0 Å². The maximum atomic E-state index is 11.6. The lowest BCUT2D eigenvalue weighted by Crippen LogP contribution is -2.35. The molecule has 0 unspecified atom stereocenters. The average Bonchev–Trinajstić information content (AvgIpc) is 2.39. The first-order chi connectivity index (χ1) is 10.3. The second-order valence-corrected chi connectivity index (χ2v) is 5.95. The molecule has 0 spiro atoms. The van der Waals surface area contributed by atoms with Crippen molar-refractivity contribution in [3.63, 3.8) is 0 Å². The molecule has 0 atom stereocenters. The van der Waals surface area contributed by atoms with E-state index in [4.69, 9.17) is 9.84 Å². The molecular weight excluding hydrogens is 284 g/mol. The Morgan fingerprint density at radius 3 is 2.32 bits per heavy atom. The van der Waals surface area contributed by atoms with Crippen LogP contribution < -0.4 is 10.6 Å². The number of rotatable bonds is 6. The summed E-state index contributed by atoms with van der Waals surface area (Å²) in [6.45, 7) is 6.09. The third-order valence-corrected chi connectivity index (χ3v) is 2.69. The highest BCUT2D eigenvalue weighted by Gasteiger charge is 2.15. The normalized spacial score (nSPS) is 10.9. The van der Waals surface area contributed by atoms with Crippen LogP contribution in [0.3, 0.4) is 0 Å². The summed E-state index contributed by atoms with van der Waals surface area (Å²) in [6, 6.07) is 6.85. The lowest BCUT2D eigenvalue weighted by Gasteiger charge is -2.19. The van der Waals surface area contributed by atoms with Crippen molar-refractivity contribution in [2.45, 2.75) is 39.2 Å². The maximum absolute atomic E-state index is 11.6. The second kappa shape index (κ2) is 8.26. The largest absolute Gasteiger partial charge is 0.508 e. The zero-order valence-corrected chi connectivity index (χ0v) is 13.3. The molecule has 0 aliphatic rings. The third-order valence-electron chi connectivity index (χ3n) is 2.69. The van der Waals surface area contributed by atoms with Crippen LogP contribution in [0.15, 0.2) is 24.3 Å². The van der Waals surface area contributed by atoms with Crippen LogP contribution in [0.1, 0.15) is 32.8 Å². The number of nitrogens with one attached hydrogen (secondary N) is 2. The Morgan fingerprint density at radius 2 is 1.73 bits per heavy atom. The summed E-state index contributed by atoms with van der Waals surface area (Å²) in [5.74, 6) is 0.0934. The number of hydrogen-bond acceptors (Lipinski definition) is 4. The Bertz CT molecular complexity index is 492. The molecule has 0 aliphatic carbocycles. The van der Waals surface area contributed by atoms with Gasteiger partial charge in [-0.05, 0) is 44.9 Å². The lowest BCUT2D eigenvalue weighted by atomic mass is 10.1. The van der Waals surface area contributed by atoms with Crippen molar-refractivity contribution in [2.24, 2.45) is 0 Å². The van der Waals surface area contributed by atoms with E-state index < -0.39 is 11.7 Å². The molecule has 22 heavy (non-hydrogen) atoms. The molecule has 0 fully saturated rings. The van der Waals surface area contributed by atoms with E-state index >= 15 is 0 Å². The Hall–Kier alpha value is -2.24. The van der Waals surface area contributed by atoms with Gasteiger partial charge in [-0.2, -0.15) is 0 Å². The SMILES string of the molecule is CC(C)(C)OC(=O)NCCC(=O)NCCc1ccc(O)cc1. The summed E-state index contributed by atoms with van der Waals surface area (Å²) < 4.78 is 5.07. The Labute approximate surface area is 130 Å². The van der Waals surface area contributed by atoms with Gasteiger partial charge >= 0.3 is 6.09 Å². The fraction of sp³-hybridized carbons (Fsp3) is 0.500. The van der Waals surface area contributed by atoms with Crippen LogP contribution in [-0.2, 0) is 16.0 Å². The van der Waals surface area contributed by atoms with Gasteiger partial charge in [0.05, 0.1) is 0 Å². The van der Waals surface area contributed by atoms with Crippen molar-refractivity contribution in [3.05, 3.63) is 29.8 Å². The van der Waals surface area contributed by atoms with Gasteiger partial charge in [0.15, 0.2) is 0 Å². The number of ether oxygens (including phenoxy) is 1. The summed E-state index contributed by atoms with van der Waals surface area (Å²) in [7, 11) is 0. The van der Waals surface area contributed by atoms with Crippen LogP contribution in [-0.4, -0.2) is 35.8 Å².